The van der Waals surface area contributed by atoms with Crippen LogP contribution in [0.1, 0.15) is 29.5 Å². The number of methoxy groups -OCH3 is 1. The number of benzene rings is 1. The van der Waals surface area contributed by atoms with Crippen molar-refractivity contribution in [1.82, 2.24) is 5.32 Å². The lowest BCUT2D eigenvalue weighted by Crippen LogP contribution is -2.22. The molecule has 0 aliphatic carbocycles. The van der Waals surface area contributed by atoms with Crippen LogP contribution in [0.2, 0.25) is 5.02 Å². The van der Waals surface area contributed by atoms with E-state index in [1.165, 1.54) is 7.11 Å². The highest BCUT2D eigenvalue weighted by atomic mass is 35.5. The number of rotatable bonds is 7. The fourth-order valence-electron chi connectivity index (χ4n) is 1.88. The summed E-state index contributed by atoms with van der Waals surface area (Å²) in [5.41, 5.74) is 0.400. The van der Waals surface area contributed by atoms with E-state index in [1.807, 2.05) is 6.92 Å². The summed E-state index contributed by atoms with van der Waals surface area (Å²) in [7, 11) is 1.51. The minimum Gasteiger partial charge on any atom is -0.493 e. The molecule has 0 saturated heterocycles. The Morgan fingerprint density at radius 1 is 1.41 bits per heavy atom. The van der Waals surface area contributed by atoms with Crippen LogP contribution in [-0.4, -0.2) is 19.6 Å². The van der Waals surface area contributed by atoms with Crippen LogP contribution in [-0.2, 0) is 6.54 Å². The molecule has 0 aliphatic rings. The van der Waals surface area contributed by atoms with Gasteiger partial charge in [0, 0.05) is 5.56 Å². The third kappa shape index (κ3) is 3.95. The van der Waals surface area contributed by atoms with Gasteiger partial charge in [0.25, 0.3) is 5.91 Å². The first-order chi connectivity index (χ1) is 10.7. The SMILES string of the molecule is CCCOc1c(Cl)cc(C(=O)NCc2ccco2)cc1OC. The van der Waals surface area contributed by atoms with E-state index in [4.69, 9.17) is 25.5 Å². The van der Waals surface area contributed by atoms with Gasteiger partial charge in [-0.3, -0.25) is 4.79 Å². The molecular formula is C16H18ClNO4. The number of carbonyl (C=O) groups excluding carboxylic acids is 1. The predicted molar refractivity (Wildman–Crippen MR) is 83.7 cm³/mol. The Kier molecular flexibility index (Phi) is 5.72. The van der Waals surface area contributed by atoms with Gasteiger partial charge in [-0.05, 0) is 30.7 Å². The Morgan fingerprint density at radius 2 is 2.23 bits per heavy atom. The minimum atomic E-state index is -0.265. The second kappa shape index (κ2) is 7.75. The summed E-state index contributed by atoms with van der Waals surface area (Å²) in [5, 5.41) is 3.10. The van der Waals surface area contributed by atoms with E-state index in [9.17, 15) is 4.79 Å². The molecule has 6 heteroatoms. The second-order valence-electron chi connectivity index (χ2n) is 4.60. The van der Waals surface area contributed by atoms with Crippen molar-refractivity contribution in [3.05, 3.63) is 46.9 Å². The van der Waals surface area contributed by atoms with Gasteiger partial charge in [-0.2, -0.15) is 0 Å². The van der Waals surface area contributed by atoms with Crippen LogP contribution in [0.25, 0.3) is 0 Å². The van der Waals surface area contributed by atoms with Crippen molar-refractivity contribution in [2.24, 2.45) is 0 Å². The zero-order valence-corrected chi connectivity index (χ0v) is 13.3. The van der Waals surface area contributed by atoms with E-state index < -0.39 is 0 Å². The molecule has 1 aromatic heterocycles. The first-order valence-electron chi connectivity index (χ1n) is 6.96. The van der Waals surface area contributed by atoms with Gasteiger partial charge < -0.3 is 19.2 Å². The smallest absolute Gasteiger partial charge is 0.251 e. The zero-order valence-electron chi connectivity index (χ0n) is 12.5. The van der Waals surface area contributed by atoms with E-state index in [0.717, 1.165) is 6.42 Å². The molecule has 1 amide bonds. The first-order valence-corrected chi connectivity index (χ1v) is 7.34. The maximum Gasteiger partial charge on any atom is 0.251 e. The number of nitrogens with one attached hydrogen (secondary N) is 1. The topological polar surface area (TPSA) is 60.7 Å². The summed E-state index contributed by atoms with van der Waals surface area (Å²) in [6.07, 6.45) is 2.41. The molecule has 0 fully saturated rings. The molecule has 0 atom stereocenters. The van der Waals surface area contributed by atoms with Gasteiger partial charge in [0.05, 0.1) is 31.5 Å². The average Bonchev–Trinajstić information content (AvgIpc) is 3.04. The standard InChI is InChI=1S/C16H18ClNO4/c1-3-6-22-15-13(17)8-11(9-14(15)20-2)16(19)18-10-12-5-4-7-21-12/h4-5,7-9H,3,6,10H2,1-2H3,(H,18,19). The summed E-state index contributed by atoms with van der Waals surface area (Å²) in [6, 6.07) is 6.72. The Labute approximate surface area is 134 Å². The highest BCUT2D eigenvalue weighted by Crippen LogP contribution is 2.36. The quantitative estimate of drug-likeness (QED) is 0.844. The van der Waals surface area contributed by atoms with Gasteiger partial charge in [0.2, 0.25) is 0 Å². The molecule has 1 N–H and O–H groups in total. The number of ether oxygens (including phenoxy) is 2. The Morgan fingerprint density at radius 3 is 2.86 bits per heavy atom. The van der Waals surface area contributed by atoms with Gasteiger partial charge in [-0.25, -0.2) is 0 Å². The molecule has 2 aromatic rings. The van der Waals surface area contributed by atoms with Crippen LogP contribution in [0, 0.1) is 0 Å². The molecule has 1 aromatic carbocycles. The fourth-order valence-corrected chi connectivity index (χ4v) is 2.14. The molecule has 0 radical (unpaired) electrons. The van der Waals surface area contributed by atoms with Gasteiger partial charge in [-0.1, -0.05) is 18.5 Å². The fraction of sp³-hybridized carbons (Fsp3) is 0.312. The highest BCUT2D eigenvalue weighted by molar-refractivity contribution is 6.32. The van der Waals surface area contributed by atoms with Crippen LogP contribution in [0.3, 0.4) is 0 Å². The van der Waals surface area contributed by atoms with Crippen molar-refractivity contribution in [3.8, 4) is 11.5 Å². The number of hydrogen-bond acceptors (Lipinski definition) is 4. The van der Waals surface area contributed by atoms with Crippen molar-refractivity contribution in [1.29, 1.82) is 0 Å². The third-order valence-electron chi connectivity index (χ3n) is 2.95. The van der Waals surface area contributed by atoms with Gasteiger partial charge in [-0.15, -0.1) is 0 Å². The van der Waals surface area contributed by atoms with E-state index in [1.54, 1.807) is 30.5 Å². The average molecular weight is 324 g/mol. The molecule has 0 unspecified atom stereocenters. The van der Waals surface area contributed by atoms with Gasteiger partial charge in [0.15, 0.2) is 11.5 Å². The molecule has 22 heavy (non-hydrogen) atoms. The van der Waals surface area contributed by atoms with E-state index in [-0.39, 0.29) is 5.91 Å². The van der Waals surface area contributed by atoms with Crippen LogP contribution in [0.15, 0.2) is 34.9 Å². The number of carbonyl (C=O) groups is 1. The van der Waals surface area contributed by atoms with Gasteiger partial charge >= 0.3 is 0 Å². The summed E-state index contributed by atoms with van der Waals surface area (Å²) in [6.45, 7) is 2.83. The van der Waals surface area contributed by atoms with Gasteiger partial charge in [0.1, 0.15) is 5.76 Å². The van der Waals surface area contributed by atoms with Crippen molar-refractivity contribution in [2.75, 3.05) is 13.7 Å². The molecule has 2 rings (SSSR count). The lowest BCUT2D eigenvalue weighted by Gasteiger charge is -2.13. The Hall–Kier alpha value is -2.14. The number of hydrogen-bond donors (Lipinski definition) is 1. The van der Waals surface area contributed by atoms with E-state index in [2.05, 4.69) is 5.32 Å². The normalized spacial score (nSPS) is 10.3. The highest BCUT2D eigenvalue weighted by Gasteiger charge is 2.16. The molecule has 0 aliphatic heterocycles. The third-order valence-corrected chi connectivity index (χ3v) is 3.23. The zero-order chi connectivity index (χ0) is 15.9. The van der Waals surface area contributed by atoms with Crippen LogP contribution in [0.4, 0.5) is 0 Å². The largest absolute Gasteiger partial charge is 0.493 e. The number of halogens is 1. The lowest BCUT2D eigenvalue weighted by molar-refractivity contribution is 0.0947. The van der Waals surface area contributed by atoms with Crippen LogP contribution >= 0.6 is 11.6 Å². The van der Waals surface area contributed by atoms with Crippen molar-refractivity contribution < 1.29 is 18.7 Å². The summed E-state index contributed by atoms with van der Waals surface area (Å²) < 4.78 is 16.0. The second-order valence-corrected chi connectivity index (χ2v) is 5.01. The molecule has 0 saturated carbocycles. The maximum atomic E-state index is 12.2. The summed E-state index contributed by atoms with van der Waals surface area (Å²) >= 11 is 6.19. The van der Waals surface area contributed by atoms with E-state index in [0.29, 0.717) is 41.0 Å². The Balaban J connectivity index is 2.13. The Bertz CT molecular complexity index is 625. The molecule has 1 heterocycles. The molecule has 0 spiro atoms. The predicted octanol–water partition coefficient (Wildman–Crippen LogP) is 3.66. The van der Waals surface area contributed by atoms with Crippen LogP contribution < -0.4 is 14.8 Å². The first kappa shape index (κ1) is 16.2. The van der Waals surface area contributed by atoms with Crippen LogP contribution in [0.5, 0.6) is 11.5 Å². The monoisotopic (exact) mass is 323 g/mol. The van der Waals surface area contributed by atoms with Crippen molar-refractivity contribution in [3.63, 3.8) is 0 Å². The van der Waals surface area contributed by atoms with E-state index >= 15 is 0 Å². The summed E-state index contributed by atoms with van der Waals surface area (Å²) in [4.78, 5) is 12.2. The minimum absolute atomic E-state index is 0.265. The number of furan rings is 1. The maximum absolute atomic E-state index is 12.2. The lowest BCUT2D eigenvalue weighted by atomic mass is 10.2. The number of amides is 1. The molecule has 5 nitrogen and oxygen atoms in total. The molecular weight excluding hydrogens is 306 g/mol. The summed E-state index contributed by atoms with van der Waals surface area (Å²) in [5.74, 6) is 1.30. The van der Waals surface area contributed by atoms with Crippen molar-refractivity contribution >= 4 is 17.5 Å². The van der Waals surface area contributed by atoms with Crippen molar-refractivity contribution in [2.45, 2.75) is 19.9 Å². The molecule has 0 bridgehead atoms. The molecule has 118 valence electrons.